The molecule has 19 heavy (non-hydrogen) atoms. The van der Waals surface area contributed by atoms with Crippen molar-refractivity contribution in [3.63, 3.8) is 0 Å². The van der Waals surface area contributed by atoms with Gasteiger partial charge < -0.3 is 5.32 Å². The van der Waals surface area contributed by atoms with Crippen molar-refractivity contribution in [2.24, 2.45) is 5.41 Å². The Kier molecular flexibility index (Phi) is 3.25. The normalized spacial score (nSPS) is 16.9. The first-order valence-corrected chi connectivity index (χ1v) is 7.83. The predicted molar refractivity (Wildman–Crippen MR) is 72.0 cm³/mol. The smallest absolute Gasteiger partial charge is 0.293 e. The zero-order valence-electron chi connectivity index (χ0n) is 10.8. The molecule has 0 unspecified atom stereocenters. The maximum absolute atomic E-state index is 11.4. The fraction of sp³-hybridized carbons (Fsp3) is 0.500. The standard InChI is InChI=1S/C12H16N2O4S/c1-12(5-6-12)8-13-10-4-3-9(19(2,17)18)7-11(10)14(15)16/h3-4,7,13H,5-6,8H2,1-2H3. The van der Waals surface area contributed by atoms with Gasteiger partial charge in [0.25, 0.3) is 5.69 Å². The summed E-state index contributed by atoms with van der Waals surface area (Å²) in [6.07, 6.45) is 3.24. The molecule has 0 aliphatic heterocycles. The summed E-state index contributed by atoms with van der Waals surface area (Å²) in [5.41, 5.74) is 0.376. The van der Waals surface area contributed by atoms with Crippen molar-refractivity contribution < 1.29 is 13.3 Å². The largest absolute Gasteiger partial charge is 0.379 e. The van der Waals surface area contributed by atoms with Gasteiger partial charge in [0.15, 0.2) is 9.84 Å². The van der Waals surface area contributed by atoms with Crippen molar-refractivity contribution in [1.82, 2.24) is 0 Å². The van der Waals surface area contributed by atoms with Crippen LogP contribution in [0.2, 0.25) is 0 Å². The Balaban J connectivity index is 2.30. The van der Waals surface area contributed by atoms with E-state index in [-0.39, 0.29) is 16.0 Å². The number of anilines is 1. The predicted octanol–water partition coefficient (Wildman–Crippen LogP) is 2.21. The Hall–Kier alpha value is -1.63. The van der Waals surface area contributed by atoms with Gasteiger partial charge in [-0.2, -0.15) is 0 Å². The first-order chi connectivity index (χ1) is 8.71. The topological polar surface area (TPSA) is 89.3 Å². The van der Waals surface area contributed by atoms with Gasteiger partial charge in [-0.1, -0.05) is 6.92 Å². The van der Waals surface area contributed by atoms with Crippen LogP contribution in [0.3, 0.4) is 0 Å². The van der Waals surface area contributed by atoms with Crippen molar-refractivity contribution in [3.8, 4) is 0 Å². The Morgan fingerprint density at radius 1 is 1.42 bits per heavy atom. The molecule has 1 aromatic carbocycles. The lowest BCUT2D eigenvalue weighted by atomic mass is 10.1. The minimum absolute atomic E-state index is 0.0395. The van der Waals surface area contributed by atoms with E-state index in [0.29, 0.717) is 12.2 Å². The molecule has 0 atom stereocenters. The molecule has 1 aromatic rings. The van der Waals surface area contributed by atoms with Gasteiger partial charge in [-0.05, 0) is 30.4 Å². The van der Waals surface area contributed by atoms with Crippen molar-refractivity contribution in [2.75, 3.05) is 18.1 Å². The number of rotatable bonds is 5. The van der Waals surface area contributed by atoms with Crippen LogP contribution in [-0.2, 0) is 9.84 Å². The van der Waals surface area contributed by atoms with E-state index in [9.17, 15) is 18.5 Å². The molecule has 0 spiro atoms. The van der Waals surface area contributed by atoms with E-state index in [1.54, 1.807) is 0 Å². The molecule has 2 rings (SSSR count). The molecule has 1 fully saturated rings. The quantitative estimate of drug-likeness (QED) is 0.661. The first kappa shape index (κ1) is 13.8. The Labute approximate surface area is 111 Å². The van der Waals surface area contributed by atoms with Crippen LogP contribution in [0.5, 0.6) is 0 Å². The minimum Gasteiger partial charge on any atom is -0.379 e. The Morgan fingerprint density at radius 3 is 2.53 bits per heavy atom. The summed E-state index contributed by atoms with van der Waals surface area (Å²) < 4.78 is 22.8. The summed E-state index contributed by atoms with van der Waals surface area (Å²) >= 11 is 0. The number of hydrogen-bond donors (Lipinski definition) is 1. The third kappa shape index (κ3) is 3.23. The van der Waals surface area contributed by atoms with Crippen LogP contribution in [0.25, 0.3) is 0 Å². The molecule has 6 nitrogen and oxygen atoms in total. The second-order valence-corrected chi connectivity index (χ2v) is 7.39. The maximum Gasteiger partial charge on any atom is 0.293 e. The molecule has 1 N–H and O–H groups in total. The van der Waals surface area contributed by atoms with Crippen molar-refractivity contribution in [3.05, 3.63) is 28.3 Å². The van der Waals surface area contributed by atoms with E-state index in [2.05, 4.69) is 12.2 Å². The number of nitro benzene ring substituents is 1. The lowest BCUT2D eigenvalue weighted by molar-refractivity contribution is -0.384. The van der Waals surface area contributed by atoms with Gasteiger partial charge in [-0.25, -0.2) is 8.42 Å². The second kappa shape index (κ2) is 4.48. The molecule has 0 amide bonds. The van der Waals surface area contributed by atoms with Crippen molar-refractivity contribution >= 4 is 21.2 Å². The van der Waals surface area contributed by atoms with E-state index in [1.807, 2.05) is 0 Å². The van der Waals surface area contributed by atoms with Crippen molar-refractivity contribution in [2.45, 2.75) is 24.7 Å². The van der Waals surface area contributed by atoms with Gasteiger partial charge >= 0.3 is 0 Å². The average molecular weight is 284 g/mol. The summed E-state index contributed by atoms with van der Waals surface area (Å²) in [7, 11) is -3.44. The zero-order chi connectivity index (χ0) is 14.3. The molecular formula is C12H16N2O4S. The summed E-state index contributed by atoms with van der Waals surface area (Å²) in [5, 5.41) is 14.1. The van der Waals surface area contributed by atoms with Gasteiger partial charge in [0.05, 0.1) is 9.82 Å². The molecule has 104 valence electrons. The highest BCUT2D eigenvalue weighted by atomic mass is 32.2. The molecule has 1 aliphatic carbocycles. The summed E-state index contributed by atoms with van der Waals surface area (Å²) in [5.74, 6) is 0. The Morgan fingerprint density at radius 2 is 2.05 bits per heavy atom. The molecule has 1 saturated carbocycles. The highest BCUT2D eigenvalue weighted by molar-refractivity contribution is 7.90. The van der Waals surface area contributed by atoms with Crippen molar-refractivity contribution in [1.29, 1.82) is 0 Å². The highest BCUT2D eigenvalue weighted by Gasteiger charge is 2.37. The number of nitrogens with one attached hydrogen (secondary N) is 1. The lowest BCUT2D eigenvalue weighted by Crippen LogP contribution is -2.13. The number of nitro groups is 1. The fourth-order valence-corrected chi connectivity index (χ4v) is 2.38. The van der Waals surface area contributed by atoms with Crippen LogP contribution in [0.4, 0.5) is 11.4 Å². The van der Waals surface area contributed by atoms with E-state index in [4.69, 9.17) is 0 Å². The van der Waals surface area contributed by atoms with Crippen LogP contribution in [0.15, 0.2) is 23.1 Å². The molecule has 7 heteroatoms. The van der Waals surface area contributed by atoms with Gasteiger partial charge in [-0.15, -0.1) is 0 Å². The third-order valence-corrected chi connectivity index (χ3v) is 4.51. The Bertz CT molecular complexity index is 621. The van der Waals surface area contributed by atoms with Gasteiger partial charge in [0.2, 0.25) is 0 Å². The monoisotopic (exact) mass is 284 g/mol. The summed E-state index contributed by atoms with van der Waals surface area (Å²) in [6.45, 7) is 2.77. The highest BCUT2D eigenvalue weighted by Crippen LogP contribution is 2.45. The molecular weight excluding hydrogens is 268 g/mol. The lowest BCUT2D eigenvalue weighted by Gasteiger charge is -2.12. The van der Waals surface area contributed by atoms with E-state index >= 15 is 0 Å². The molecule has 0 heterocycles. The van der Waals surface area contributed by atoms with Gasteiger partial charge in [0.1, 0.15) is 5.69 Å². The molecule has 1 aliphatic rings. The molecule has 0 saturated heterocycles. The van der Waals surface area contributed by atoms with Crippen LogP contribution in [-0.4, -0.2) is 26.1 Å². The van der Waals surface area contributed by atoms with E-state index in [0.717, 1.165) is 25.2 Å². The number of sulfone groups is 1. The summed E-state index contributed by atoms with van der Waals surface area (Å²) in [6, 6.07) is 3.95. The van der Waals surface area contributed by atoms with Crippen LogP contribution in [0.1, 0.15) is 19.8 Å². The van der Waals surface area contributed by atoms with Crippen LogP contribution in [0, 0.1) is 15.5 Å². The average Bonchev–Trinajstić information content (AvgIpc) is 3.04. The number of nitrogens with zero attached hydrogens (tertiary/aromatic N) is 1. The maximum atomic E-state index is 11.4. The third-order valence-electron chi connectivity index (χ3n) is 3.40. The zero-order valence-corrected chi connectivity index (χ0v) is 11.7. The second-order valence-electron chi connectivity index (χ2n) is 5.37. The van der Waals surface area contributed by atoms with Crippen LogP contribution < -0.4 is 5.32 Å². The minimum atomic E-state index is -3.44. The van der Waals surface area contributed by atoms with Gasteiger partial charge in [0, 0.05) is 18.9 Å². The molecule has 0 aromatic heterocycles. The van der Waals surface area contributed by atoms with Gasteiger partial charge in [-0.3, -0.25) is 10.1 Å². The van der Waals surface area contributed by atoms with Crippen LogP contribution >= 0.6 is 0 Å². The number of benzene rings is 1. The molecule has 0 bridgehead atoms. The molecule has 0 radical (unpaired) electrons. The summed E-state index contributed by atoms with van der Waals surface area (Å²) in [4.78, 5) is 10.4. The fourth-order valence-electron chi connectivity index (χ4n) is 1.74. The SMILES string of the molecule is CC1(CNc2ccc(S(C)(=O)=O)cc2[N+](=O)[O-])CC1. The van der Waals surface area contributed by atoms with E-state index in [1.165, 1.54) is 12.1 Å². The first-order valence-electron chi connectivity index (χ1n) is 5.94. The van der Waals surface area contributed by atoms with E-state index < -0.39 is 14.8 Å². The number of hydrogen-bond acceptors (Lipinski definition) is 5.